The Hall–Kier alpha value is -1.91. The largest absolute Gasteiger partial charge is 0.394 e. The Kier molecular flexibility index (Phi) is 5.94. The highest BCUT2D eigenvalue weighted by molar-refractivity contribution is 7.99. The molecule has 0 aliphatic carbocycles. The molecule has 0 saturated carbocycles. The summed E-state index contributed by atoms with van der Waals surface area (Å²) in [6.07, 6.45) is 0. The number of rotatable bonds is 0. The summed E-state index contributed by atoms with van der Waals surface area (Å²) in [6.45, 7) is 4.08. The average molecular weight is 393 g/mol. The number of hydrogen-bond acceptors (Lipinski definition) is 6. The van der Waals surface area contributed by atoms with E-state index in [1.54, 1.807) is 0 Å². The molecule has 0 aromatic heterocycles. The van der Waals surface area contributed by atoms with Crippen LogP contribution in [0.15, 0.2) is 63.3 Å². The molecule has 138 valence electrons. The van der Waals surface area contributed by atoms with Crippen molar-refractivity contribution in [3.05, 3.63) is 54.1 Å². The highest BCUT2D eigenvalue weighted by Crippen LogP contribution is 2.40. The van der Waals surface area contributed by atoms with E-state index in [9.17, 15) is 0 Å². The lowest BCUT2D eigenvalue weighted by Crippen LogP contribution is -2.46. The zero-order valence-corrected chi connectivity index (χ0v) is 15.5. The monoisotopic (exact) mass is 393 g/mol. The Morgan fingerprint density at radius 3 is 2.23 bits per heavy atom. The summed E-state index contributed by atoms with van der Waals surface area (Å²) < 4.78 is 31.6. The second-order valence-corrected chi connectivity index (χ2v) is 7.67. The lowest BCUT2D eigenvalue weighted by molar-refractivity contribution is 0.358. The summed E-state index contributed by atoms with van der Waals surface area (Å²) in [5.41, 5.74) is 2.33. The lowest BCUT2D eigenvalue weighted by atomic mass is 10.1. The second kappa shape index (κ2) is 8.19. The van der Waals surface area contributed by atoms with Gasteiger partial charge in [-0.05, 0) is 18.2 Å². The van der Waals surface area contributed by atoms with Crippen molar-refractivity contribution in [2.75, 3.05) is 26.2 Å². The Bertz CT molecular complexity index is 902. The third kappa shape index (κ3) is 5.05. The van der Waals surface area contributed by atoms with Crippen LogP contribution in [0.2, 0.25) is 0 Å². The van der Waals surface area contributed by atoms with Crippen LogP contribution < -0.4 is 5.32 Å². The molecular formula is C17H19N3O4S2. The number of fused-ring (bicyclic) bond motifs is 2. The van der Waals surface area contributed by atoms with Gasteiger partial charge in [0.15, 0.2) is 0 Å². The van der Waals surface area contributed by atoms with Crippen LogP contribution in [0, 0.1) is 0 Å². The third-order valence-electron chi connectivity index (χ3n) is 3.86. The molecule has 0 atom stereocenters. The predicted molar refractivity (Wildman–Crippen MR) is 102 cm³/mol. The molecule has 0 amide bonds. The van der Waals surface area contributed by atoms with Crippen LogP contribution in [-0.4, -0.2) is 54.4 Å². The van der Waals surface area contributed by atoms with Gasteiger partial charge in [0.25, 0.3) is 0 Å². The van der Waals surface area contributed by atoms with E-state index in [2.05, 4.69) is 58.7 Å². The number of nitrogens with one attached hydrogen (secondary N) is 1. The summed E-state index contributed by atoms with van der Waals surface area (Å²) in [7, 11) is -4.67. The minimum atomic E-state index is -4.67. The zero-order chi connectivity index (χ0) is 18.6. The summed E-state index contributed by atoms with van der Waals surface area (Å²) in [4.78, 5) is 9.92. The SMILES string of the molecule is O=S(=O)(O)O.c1ccc2c(c1)N=C(N1CCNCC1)c1ccccc1S2. The molecule has 3 N–H and O–H groups in total. The van der Waals surface area contributed by atoms with Gasteiger partial charge in [-0.2, -0.15) is 8.42 Å². The van der Waals surface area contributed by atoms with Crippen LogP contribution in [0.4, 0.5) is 5.69 Å². The molecule has 26 heavy (non-hydrogen) atoms. The quantitative estimate of drug-likeness (QED) is 0.591. The summed E-state index contributed by atoms with van der Waals surface area (Å²) in [6, 6.07) is 17.0. The topological polar surface area (TPSA) is 102 Å². The maximum atomic E-state index is 8.74. The number of amidine groups is 1. The van der Waals surface area contributed by atoms with E-state index < -0.39 is 10.4 Å². The fourth-order valence-corrected chi connectivity index (χ4v) is 3.80. The van der Waals surface area contributed by atoms with Gasteiger partial charge in [0.1, 0.15) is 5.84 Å². The molecule has 2 heterocycles. The molecule has 2 aliphatic rings. The minimum absolute atomic E-state index is 1.01. The normalized spacial score (nSPS) is 16.4. The van der Waals surface area contributed by atoms with Crippen LogP contribution >= 0.6 is 11.8 Å². The summed E-state index contributed by atoms with van der Waals surface area (Å²) in [5.74, 6) is 1.12. The molecule has 0 spiro atoms. The van der Waals surface area contributed by atoms with E-state index >= 15 is 0 Å². The van der Waals surface area contributed by atoms with Gasteiger partial charge < -0.3 is 10.2 Å². The van der Waals surface area contributed by atoms with Crippen molar-refractivity contribution in [2.24, 2.45) is 4.99 Å². The fourth-order valence-electron chi connectivity index (χ4n) is 2.79. The molecule has 2 aromatic rings. The van der Waals surface area contributed by atoms with Crippen molar-refractivity contribution in [1.29, 1.82) is 0 Å². The fraction of sp³-hybridized carbons (Fsp3) is 0.235. The van der Waals surface area contributed by atoms with Crippen LogP contribution in [0.25, 0.3) is 0 Å². The number of para-hydroxylation sites is 1. The van der Waals surface area contributed by atoms with Crippen LogP contribution in [0.1, 0.15) is 5.56 Å². The van der Waals surface area contributed by atoms with E-state index in [1.807, 2.05) is 11.8 Å². The predicted octanol–water partition coefficient (Wildman–Crippen LogP) is 2.48. The first-order chi connectivity index (χ1) is 12.4. The van der Waals surface area contributed by atoms with Crippen molar-refractivity contribution in [1.82, 2.24) is 10.2 Å². The second-order valence-electron chi connectivity index (χ2n) is 5.69. The van der Waals surface area contributed by atoms with Gasteiger partial charge in [-0.15, -0.1) is 0 Å². The maximum Gasteiger partial charge on any atom is 0.394 e. The van der Waals surface area contributed by atoms with Gasteiger partial charge in [0, 0.05) is 41.5 Å². The first kappa shape index (κ1) is 18.9. The molecule has 0 radical (unpaired) electrons. The van der Waals surface area contributed by atoms with E-state index in [0.717, 1.165) is 37.7 Å². The highest BCUT2D eigenvalue weighted by Gasteiger charge is 2.22. The van der Waals surface area contributed by atoms with Gasteiger partial charge in [-0.25, -0.2) is 4.99 Å². The van der Waals surface area contributed by atoms with Crippen molar-refractivity contribution in [3.63, 3.8) is 0 Å². The maximum absolute atomic E-state index is 8.74. The van der Waals surface area contributed by atoms with E-state index in [4.69, 9.17) is 22.5 Å². The van der Waals surface area contributed by atoms with Crippen LogP contribution in [0.3, 0.4) is 0 Å². The van der Waals surface area contributed by atoms with E-state index in [-0.39, 0.29) is 0 Å². The number of nitrogens with zero attached hydrogens (tertiary/aromatic N) is 2. The minimum Gasteiger partial charge on any atom is -0.354 e. The van der Waals surface area contributed by atoms with Crippen molar-refractivity contribution >= 4 is 33.7 Å². The van der Waals surface area contributed by atoms with Crippen molar-refractivity contribution in [2.45, 2.75) is 9.79 Å². The number of hydrogen-bond donors (Lipinski definition) is 3. The number of benzene rings is 2. The van der Waals surface area contributed by atoms with Gasteiger partial charge >= 0.3 is 10.4 Å². The molecule has 4 rings (SSSR count). The molecule has 1 saturated heterocycles. The lowest BCUT2D eigenvalue weighted by Gasteiger charge is -2.30. The smallest absolute Gasteiger partial charge is 0.354 e. The Balaban J connectivity index is 0.000000349. The molecule has 9 heteroatoms. The number of piperazine rings is 1. The number of aliphatic imine (C=N–C) groups is 1. The average Bonchev–Trinajstić information content (AvgIpc) is 2.77. The van der Waals surface area contributed by atoms with Gasteiger partial charge in [-0.3, -0.25) is 9.11 Å². The molecule has 0 unspecified atom stereocenters. The Morgan fingerprint density at radius 1 is 0.962 bits per heavy atom. The third-order valence-corrected chi connectivity index (χ3v) is 5.00. The Morgan fingerprint density at radius 2 is 1.54 bits per heavy atom. The zero-order valence-electron chi connectivity index (χ0n) is 13.9. The molecule has 2 aromatic carbocycles. The first-order valence-electron chi connectivity index (χ1n) is 8.02. The molecule has 1 fully saturated rings. The van der Waals surface area contributed by atoms with Crippen LogP contribution in [0.5, 0.6) is 0 Å². The molecule has 7 nitrogen and oxygen atoms in total. The molecule has 2 aliphatic heterocycles. The molecule has 0 bridgehead atoms. The standard InChI is InChI=1S/C17H17N3S.H2O4S/c1-3-7-15-13(5-1)17(20-11-9-18-10-12-20)19-14-6-2-4-8-16(14)21-15;1-5(2,3)4/h1-8,18H,9-12H2;(H2,1,2,3,4). The van der Waals surface area contributed by atoms with Crippen LogP contribution in [-0.2, 0) is 10.4 Å². The Labute approximate surface area is 156 Å². The summed E-state index contributed by atoms with van der Waals surface area (Å²) >= 11 is 1.81. The van der Waals surface area contributed by atoms with E-state index in [0.29, 0.717) is 0 Å². The van der Waals surface area contributed by atoms with Gasteiger partial charge in [-0.1, -0.05) is 42.1 Å². The van der Waals surface area contributed by atoms with Crippen molar-refractivity contribution in [3.8, 4) is 0 Å². The van der Waals surface area contributed by atoms with Crippen molar-refractivity contribution < 1.29 is 17.5 Å². The first-order valence-corrected chi connectivity index (χ1v) is 10.2. The van der Waals surface area contributed by atoms with Gasteiger partial charge in [0.2, 0.25) is 0 Å². The summed E-state index contributed by atoms with van der Waals surface area (Å²) in [5, 5.41) is 3.41. The van der Waals surface area contributed by atoms with Gasteiger partial charge in [0.05, 0.1) is 5.69 Å². The van der Waals surface area contributed by atoms with E-state index in [1.165, 1.54) is 15.4 Å². The molecular weight excluding hydrogens is 374 g/mol. The highest BCUT2D eigenvalue weighted by atomic mass is 32.3.